The molecule has 1 unspecified atom stereocenters. The summed E-state index contributed by atoms with van der Waals surface area (Å²) in [5, 5.41) is 0. The Labute approximate surface area is 124 Å². The van der Waals surface area contributed by atoms with Crippen LogP contribution in [-0.2, 0) is 0 Å². The number of benzene rings is 2. The lowest BCUT2D eigenvalue weighted by Crippen LogP contribution is -2.16. The van der Waals surface area contributed by atoms with Crippen molar-refractivity contribution in [1.82, 2.24) is 9.97 Å². The van der Waals surface area contributed by atoms with Gasteiger partial charge in [-0.2, -0.15) is 0 Å². The zero-order valence-electron chi connectivity index (χ0n) is 12.3. The number of aromatic amines is 1. The Morgan fingerprint density at radius 1 is 1.19 bits per heavy atom. The van der Waals surface area contributed by atoms with Crippen LogP contribution >= 0.6 is 0 Å². The third-order valence-electron chi connectivity index (χ3n) is 4.23. The lowest BCUT2D eigenvalue weighted by molar-refractivity contribution is 0.275. The summed E-state index contributed by atoms with van der Waals surface area (Å²) in [5.74, 6) is 2.33. The molecule has 4 rings (SSSR count). The number of aryl methyl sites for hydroxylation is 2. The second kappa shape index (κ2) is 4.62. The Bertz CT molecular complexity index is 819. The number of aromatic nitrogens is 2. The standard InChI is InChI=1S/C18H18N2O/c1-11-9-12(2)17-15(10-11)19-18(20-17)14-7-8-21-16-6-4-3-5-13(14)16/h3-6,9-10,14H,7-8H2,1-2H3,(H,19,20). The number of ether oxygens (including phenoxy) is 1. The molecule has 0 spiro atoms. The van der Waals surface area contributed by atoms with E-state index in [2.05, 4.69) is 43.1 Å². The van der Waals surface area contributed by atoms with Crippen LogP contribution in [0.4, 0.5) is 0 Å². The number of fused-ring (bicyclic) bond motifs is 2. The van der Waals surface area contributed by atoms with Gasteiger partial charge in [-0.3, -0.25) is 0 Å². The minimum absolute atomic E-state index is 0.294. The highest BCUT2D eigenvalue weighted by atomic mass is 16.5. The van der Waals surface area contributed by atoms with Gasteiger partial charge in [-0.05, 0) is 43.5 Å². The second-order valence-corrected chi connectivity index (χ2v) is 5.83. The van der Waals surface area contributed by atoms with Gasteiger partial charge in [0.05, 0.1) is 17.6 Å². The van der Waals surface area contributed by atoms with Crippen LogP contribution in [0.25, 0.3) is 11.0 Å². The molecule has 0 bridgehead atoms. The Morgan fingerprint density at radius 3 is 2.95 bits per heavy atom. The minimum Gasteiger partial charge on any atom is -0.493 e. The number of para-hydroxylation sites is 1. The molecule has 3 aromatic rings. The fraction of sp³-hybridized carbons (Fsp3) is 0.278. The summed E-state index contributed by atoms with van der Waals surface area (Å²) < 4.78 is 5.75. The molecule has 2 heterocycles. The van der Waals surface area contributed by atoms with E-state index < -0.39 is 0 Å². The first-order valence-electron chi connectivity index (χ1n) is 7.41. The van der Waals surface area contributed by atoms with E-state index in [4.69, 9.17) is 9.72 Å². The van der Waals surface area contributed by atoms with E-state index in [9.17, 15) is 0 Å². The number of nitrogens with one attached hydrogen (secondary N) is 1. The molecule has 1 aromatic heterocycles. The molecule has 0 fully saturated rings. The monoisotopic (exact) mass is 278 g/mol. The van der Waals surface area contributed by atoms with Crippen LogP contribution in [0.2, 0.25) is 0 Å². The maximum atomic E-state index is 5.75. The van der Waals surface area contributed by atoms with Crippen molar-refractivity contribution >= 4 is 11.0 Å². The Balaban J connectivity index is 1.86. The van der Waals surface area contributed by atoms with Crippen molar-refractivity contribution in [3.8, 4) is 5.75 Å². The summed E-state index contributed by atoms with van der Waals surface area (Å²) >= 11 is 0. The van der Waals surface area contributed by atoms with Crippen molar-refractivity contribution in [1.29, 1.82) is 0 Å². The van der Waals surface area contributed by atoms with Crippen molar-refractivity contribution in [3.05, 3.63) is 58.9 Å². The second-order valence-electron chi connectivity index (χ2n) is 5.83. The molecule has 1 aliphatic heterocycles. The van der Waals surface area contributed by atoms with Crippen LogP contribution in [-0.4, -0.2) is 16.6 Å². The fourth-order valence-electron chi connectivity index (χ4n) is 3.28. The molecule has 2 aromatic carbocycles. The minimum atomic E-state index is 0.294. The van der Waals surface area contributed by atoms with E-state index in [1.54, 1.807) is 0 Å². The van der Waals surface area contributed by atoms with Gasteiger partial charge in [-0.15, -0.1) is 0 Å². The van der Waals surface area contributed by atoms with E-state index in [-0.39, 0.29) is 0 Å². The smallest absolute Gasteiger partial charge is 0.123 e. The molecule has 1 atom stereocenters. The average Bonchev–Trinajstić information content (AvgIpc) is 2.90. The average molecular weight is 278 g/mol. The largest absolute Gasteiger partial charge is 0.493 e. The van der Waals surface area contributed by atoms with Crippen LogP contribution in [0.1, 0.15) is 34.9 Å². The van der Waals surface area contributed by atoms with Gasteiger partial charge in [0.2, 0.25) is 0 Å². The highest BCUT2D eigenvalue weighted by molar-refractivity contribution is 5.79. The van der Waals surface area contributed by atoms with E-state index in [1.165, 1.54) is 16.7 Å². The predicted octanol–water partition coefficient (Wildman–Crippen LogP) is 4.09. The van der Waals surface area contributed by atoms with Gasteiger partial charge >= 0.3 is 0 Å². The quantitative estimate of drug-likeness (QED) is 0.728. The lowest BCUT2D eigenvalue weighted by atomic mass is 9.92. The van der Waals surface area contributed by atoms with E-state index in [1.807, 2.05) is 12.1 Å². The molecule has 3 nitrogen and oxygen atoms in total. The van der Waals surface area contributed by atoms with Crippen LogP contribution in [0, 0.1) is 13.8 Å². The first-order valence-corrected chi connectivity index (χ1v) is 7.41. The molecule has 0 saturated heterocycles. The van der Waals surface area contributed by atoms with E-state index in [0.29, 0.717) is 5.92 Å². The highest BCUT2D eigenvalue weighted by Gasteiger charge is 2.25. The molecule has 3 heteroatoms. The van der Waals surface area contributed by atoms with Crippen LogP contribution in [0.3, 0.4) is 0 Å². The summed E-state index contributed by atoms with van der Waals surface area (Å²) in [6.45, 7) is 4.99. The number of nitrogens with zero attached hydrogens (tertiary/aromatic N) is 1. The van der Waals surface area contributed by atoms with E-state index >= 15 is 0 Å². The van der Waals surface area contributed by atoms with Crippen molar-refractivity contribution < 1.29 is 4.74 Å². The van der Waals surface area contributed by atoms with Gasteiger partial charge in [0.1, 0.15) is 11.6 Å². The zero-order valence-corrected chi connectivity index (χ0v) is 12.3. The van der Waals surface area contributed by atoms with E-state index in [0.717, 1.165) is 35.6 Å². The summed E-state index contributed by atoms with van der Waals surface area (Å²) in [7, 11) is 0. The van der Waals surface area contributed by atoms with Crippen molar-refractivity contribution in [2.45, 2.75) is 26.2 Å². The fourth-order valence-corrected chi connectivity index (χ4v) is 3.28. The molecule has 1 aliphatic rings. The van der Waals surface area contributed by atoms with Gasteiger partial charge in [0, 0.05) is 11.5 Å². The SMILES string of the molecule is Cc1cc(C)c2nc(C3CCOc4ccccc43)[nH]c2c1. The number of rotatable bonds is 1. The summed E-state index contributed by atoms with van der Waals surface area (Å²) in [5.41, 5.74) is 5.94. The zero-order chi connectivity index (χ0) is 14.4. The number of H-pyrrole nitrogens is 1. The van der Waals surface area contributed by atoms with Gasteiger partial charge in [-0.25, -0.2) is 4.98 Å². The van der Waals surface area contributed by atoms with Gasteiger partial charge in [-0.1, -0.05) is 24.3 Å². The normalized spacial score (nSPS) is 17.5. The topological polar surface area (TPSA) is 37.9 Å². The molecule has 0 aliphatic carbocycles. The van der Waals surface area contributed by atoms with Crippen molar-refractivity contribution in [3.63, 3.8) is 0 Å². The van der Waals surface area contributed by atoms with Crippen LogP contribution in [0.15, 0.2) is 36.4 Å². The third-order valence-corrected chi connectivity index (χ3v) is 4.23. The Hall–Kier alpha value is -2.29. The van der Waals surface area contributed by atoms with Gasteiger partial charge < -0.3 is 9.72 Å². The van der Waals surface area contributed by atoms with Crippen molar-refractivity contribution in [2.24, 2.45) is 0 Å². The van der Waals surface area contributed by atoms with Gasteiger partial charge in [0.15, 0.2) is 0 Å². The Kier molecular flexibility index (Phi) is 2.74. The summed E-state index contributed by atoms with van der Waals surface area (Å²) in [6, 6.07) is 12.6. The molecule has 0 radical (unpaired) electrons. The molecular formula is C18H18N2O. The first-order chi connectivity index (χ1) is 10.2. The predicted molar refractivity (Wildman–Crippen MR) is 84.0 cm³/mol. The van der Waals surface area contributed by atoms with Crippen molar-refractivity contribution in [2.75, 3.05) is 6.61 Å². The number of imidazole rings is 1. The maximum absolute atomic E-state index is 5.75. The maximum Gasteiger partial charge on any atom is 0.123 e. The first kappa shape index (κ1) is 12.5. The van der Waals surface area contributed by atoms with Crippen LogP contribution in [0.5, 0.6) is 5.75 Å². The number of hydrogen-bond donors (Lipinski definition) is 1. The highest BCUT2D eigenvalue weighted by Crippen LogP contribution is 2.37. The van der Waals surface area contributed by atoms with Crippen LogP contribution < -0.4 is 4.74 Å². The molecule has 0 amide bonds. The molecule has 106 valence electrons. The Morgan fingerprint density at radius 2 is 2.05 bits per heavy atom. The number of hydrogen-bond acceptors (Lipinski definition) is 2. The summed E-state index contributed by atoms with van der Waals surface area (Å²) in [6.07, 6.45) is 0.967. The molecule has 21 heavy (non-hydrogen) atoms. The molecule has 1 N–H and O–H groups in total. The van der Waals surface area contributed by atoms with Gasteiger partial charge in [0.25, 0.3) is 0 Å². The third kappa shape index (κ3) is 2.00. The molecule has 0 saturated carbocycles. The molecular weight excluding hydrogens is 260 g/mol. The lowest BCUT2D eigenvalue weighted by Gasteiger charge is -2.24. The summed E-state index contributed by atoms with van der Waals surface area (Å²) in [4.78, 5) is 8.39.